The zero-order valence-electron chi connectivity index (χ0n) is 15.4. The molecule has 0 fully saturated rings. The van der Waals surface area contributed by atoms with E-state index in [4.69, 9.17) is 0 Å². The standard InChI is InChI=1S/C22H15F3N2O3/c23-22(24,25)17-9-5-10-18(14-17)26-21(28)20(16-7-2-1-3-8-16)13-15-6-4-11-19(12-15)27(29)30/h1-14H,(H,26,28)/b20-13+. The molecule has 3 aromatic rings. The molecule has 5 nitrogen and oxygen atoms in total. The Hall–Kier alpha value is -3.94. The molecule has 0 atom stereocenters. The van der Waals surface area contributed by atoms with Crippen molar-refractivity contribution in [1.82, 2.24) is 0 Å². The van der Waals surface area contributed by atoms with Gasteiger partial charge in [-0.1, -0.05) is 48.5 Å². The lowest BCUT2D eigenvalue weighted by Gasteiger charge is -2.12. The van der Waals surface area contributed by atoms with E-state index in [0.717, 1.165) is 12.1 Å². The van der Waals surface area contributed by atoms with E-state index in [0.29, 0.717) is 11.1 Å². The number of anilines is 1. The molecule has 0 aromatic heterocycles. The van der Waals surface area contributed by atoms with Gasteiger partial charge >= 0.3 is 6.18 Å². The van der Waals surface area contributed by atoms with Crippen LogP contribution >= 0.6 is 0 Å². The maximum Gasteiger partial charge on any atom is 0.416 e. The van der Waals surface area contributed by atoms with Gasteiger partial charge in [-0.2, -0.15) is 13.2 Å². The van der Waals surface area contributed by atoms with Crippen LogP contribution < -0.4 is 5.32 Å². The molecule has 8 heteroatoms. The lowest BCUT2D eigenvalue weighted by atomic mass is 10.0. The number of amides is 1. The molecule has 3 aromatic carbocycles. The molecule has 0 radical (unpaired) electrons. The monoisotopic (exact) mass is 412 g/mol. The molecule has 0 aliphatic heterocycles. The molecule has 0 aliphatic rings. The summed E-state index contributed by atoms with van der Waals surface area (Å²) in [6.45, 7) is 0. The van der Waals surface area contributed by atoms with Crippen LogP contribution in [0.5, 0.6) is 0 Å². The topological polar surface area (TPSA) is 72.2 Å². The van der Waals surface area contributed by atoms with Crippen molar-refractivity contribution in [1.29, 1.82) is 0 Å². The van der Waals surface area contributed by atoms with Crippen LogP contribution in [-0.4, -0.2) is 10.8 Å². The number of nitro groups is 1. The Morgan fingerprint density at radius 3 is 2.30 bits per heavy atom. The van der Waals surface area contributed by atoms with Gasteiger partial charge in [0.05, 0.1) is 10.5 Å². The first-order chi connectivity index (χ1) is 14.2. The zero-order valence-corrected chi connectivity index (χ0v) is 15.4. The third-order valence-corrected chi connectivity index (χ3v) is 4.17. The third kappa shape index (κ3) is 5.11. The molecule has 0 aliphatic carbocycles. The Morgan fingerprint density at radius 1 is 0.933 bits per heavy atom. The summed E-state index contributed by atoms with van der Waals surface area (Å²) in [5, 5.41) is 13.5. The van der Waals surface area contributed by atoms with Gasteiger partial charge in [-0.15, -0.1) is 0 Å². The molecule has 0 saturated heterocycles. The molecule has 152 valence electrons. The molecule has 0 heterocycles. The summed E-state index contributed by atoms with van der Waals surface area (Å²) in [7, 11) is 0. The number of alkyl halides is 3. The zero-order chi connectivity index (χ0) is 21.7. The van der Waals surface area contributed by atoms with Gasteiger partial charge in [0, 0.05) is 23.4 Å². The fourth-order valence-corrected chi connectivity index (χ4v) is 2.76. The minimum absolute atomic E-state index is 0.0179. The van der Waals surface area contributed by atoms with Gasteiger partial charge in [-0.05, 0) is 35.4 Å². The van der Waals surface area contributed by atoms with Crippen molar-refractivity contribution in [3.05, 3.63) is 106 Å². The fourth-order valence-electron chi connectivity index (χ4n) is 2.76. The number of hydrogen-bond acceptors (Lipinski definition) is 3. The van der Waals surface area contributed by atoms with E-state index in [9.17, 15) is 28.1 Å². The van der Waals surface area contributed by atoms with Crippen LogP contribution in [0.1, 0.15) is 16.7 Å². The molecule has 3 rings (SSSR count). The molecule has 0 bridgehead atoms. The lowest BCUT2D eigenvalue weighted by Crippen LogP contribution is -2.14. The smallest absolute Gasteiger partial charge is 0.322 e. The van der Waals surface area contributed by atoms with Crippen molar-refractivity contribution in [3.8, 4) is 0 Å². The molecule has 0 saturated carbocycles. The highest BCUT2D eigenvalue weighted by Gasteiger charge is 2.30. The Bertz CT molecular complexity index is 1110. The second-order valence-corrected chi connectivity index (χ2v) is 6.31. The second kappa shape index (κ2) is 8.60. The maximum atomic E-state index is 12.9. The molecule has 0 spiro atoms. The van der Waals surface area contributed by atoms with Crippen LogP contribution in [0.2, 0.25) is 0 Å². The number of benzene rings is 3. The third-order valence-electron chi connectivity index (χ3n) is 4.17. The second-order valence-electron chi connectivity index (χ2n) is 6.31. The van der Waals surface area contributed by atoms with Crippen molar-refractivity contribution in [3.63, 3.8) is 0 Å². The van der Waals surface area contributed by atoms with Crippen LogP contribution in [0, 0.1) is 10.1 Å². The van der Waals surface area contributed by atoms with E-state index >= 15 is 0 Å². The van der Waals surface area contributed by atoms with Gasteiger partial charge in [0.25, 0.3) is 11.6 Å². The number of rotatable bonds is 5. The summed E-state index contributed by atoms with van der Waals surface area (Å²) >= 11 is 0. The van der Waals surface area contributed by atoms with E-state index in [-0.39, 0.29) is 16.9 Å². The number of nitrogens with one attached hydrogen (secondary N) is 1. The predicted molar refractivity (Wildman–Crippen MR) is 107 cm³/mol. The first kappa shape index (κ1) is 20.8. The normalized spacial score (nSPS) is 11.8. The first-order valence-corrected chi connectivity index (χ1v) is 8.74. The van der Waals surface area contributed by atoms with Crippen LogP contribution in [0.3, 0.4) is 0 Å². The summed E-state index contributed by atoms with van der Waals surface area (Å²) in [5.74, 6) is -0.646. The average molecular weight is 412 g/mol. The summed E-state index contributed by atoms with van der Waals surface area (Å²) < 4.78 is 38.8. The van der Waals surface area contributed by atoms with Crippen molar-refractivity contribution in [2.24, 2.45) is 0 Å². The molecule has 0 unspecified atom stereocenters. The van der Waals surface area contributed by atoms with E-state index in [1.807, 2.05) is 0 Å². The largest absolute Gasteiger partial charge is 0.416 e. The van der Waals surface area contributed by atoms with Gasteiger partial charge in [0.1, 0.15) is 0 Å². The Morgan fingerprint density at radius 2 is 1.63 bits per heavy atom. The average Bonchev–Trinajstić information content (AvgIpc) is 2.72. The molecular formula is C22H15F3N2O3. The summed E-state index contributed by atoms with van der Waals surface area (Å²) in [6.07, 6.45) is -3.09. The Labute approximate surface area is 169 Å². The lowest BCUT2D eigenvalue weighted by molar-refractivity contribution is -0.384. The Kier molecular flexibility index (Phi) is 5.96. The minimum atomic E-state index is -4.54. The number of hydrogen-bond donors (Lipinski definition) is 1. The van der Waals surface area contributed by atoms with Crippen molar-refractivity contribution >= 4 is 28.9 Å². The number of halogens is 3. The van der Waals surface area contributed by atoms with Crippen LogP contribution in [0.4, 0.5) is 24.5 Å². The highest BCUT2D eigenvalue weighted by molar-refractivity contribution is 6.29. The van der Waals surface area contributed by atoms with Gasteiger partial charge in [-0.25, -0.2) is 0 Å². The summed E-state index contributed by atoms with van der Waals surface area (Å²) in [4.78, 5) is 23.4. The van der Waals surface area contributed by atoms with E-state index in [2.05, 4.69) is 5.32 Å². The predicted octanol–water partition coefficient (Wildman–Crippen LogP) is 5.79. The summed E-state index contributed by atoms with van der Waals surface area (Å²) in [6, 6.07) is 18.5. The highest BCUT2D eigenvalue weighted by atomic mass is 19.4. The molecule has 1 N–H and O–H groups in total. The van der Waals surface area contributed by atoms with Crippen molar-refractivity contribution in [2.75, 3.05) is 5.32 Å². The maximum absolute atomic E-state index is 12.9. The van der Waals surface area contributed by atoms with Gasteiger partial charge in [-0.3, -0.25) is 14.9 Å². The SMILES string of the molecule is O=C(Nc1cccc(C(F)(F)F)c1)/C(=C/c1cccc([N+](=O)[O-])c1)c1ccccc1. The molecule has 1 amide bonds. The van der Waals surface area contributed by atoms with E-state index in [1.165, 1.54) is 36.4 Å². The molecule has 30 heavy (non-hydrogen) atoms. The summed E-state index contributed by atoms with van der Waals surface area (Å²) in [5.41, 5.74) is 0.0126. The van der Waals surface area contributed by atoms with Gasteiger partial charge < -0.3 is 5.32 Å². The number of nitrogens with zero attached hydrogens (tertiary/aromatic N) is 1. The van der Waals surface area contributed by atoms with E-state index < -0.39 is 22.6 Å². The Balaban J connectivity index is 1.99. The fraction of sp³-hybridized carbons (Fsp3) is 0.0455. The highest BCUT2D eigenvalue weighted by Crippen LogP contribution is 2.31. The van der Waals surface area contributed by atoms with E-state index in [1.54, 1.807) is 36.4 Å². The van der Waals surface area contributed by atoms with Gasteiger partial charge in [0.2, 0.25) is 0 Å². The van der Waals surface area contributed by atoms with Crippen LogP contribution in [0.15, 0.2) is 78.9 Å². The first-order valence-electron chi connectivity index (χ1n) is 8.74. The number of non-ortho nitro benzene ring substituents is 1. The van der Waals surface area contributed by atoms with Gasteiger partial charge in [0.15, 0.2) is 0 Å². The minimum Gasteiger partial charge on any atom is -0.322 e. The number of nitro benzene ring substituents is 1. The van der Waals surface area contributed by atoms with Crippen molar-refractivity contribution in [2.45, 2.75) is 6.18 Å². The van der Waals surface area contributed by atoms with Crippen LogP contribution in [-0.2, 0) is 11.0 Å². The number of carbonyl (C=O) groups is 1. The molecular weight excluding hydrogens is 397 g/mol. The number of carbonyl (C=O) groups excluding carboxylic acids is 1. The van der Waals surface area contributed by atoms with Crippen LogP contribution in [0.25, 0.3) is 11.6 Å². The van der Waals surface area contributed by atoms with Crippen molar-refractivity contribution < 1.29 is 22.9 Å². The quantitative estimate of drug-likeness (QED) is 0.249.